The third-order valence-electron chi connectivity index (χ3n) is 6.83. The Labute approximate surface area is 192 Å². The lowest BCUT2D eigenvalue weighted by Gasteiger charge is -2.38. The Bertz CT molecular complexity index is 1130. The number of halogens is 1. The second-order valence-corrected chi connectivity index (χ2v) is 9.11. The van der Waals surface area contributed by atoms with Crippen molar-refractivity contribution >= 4 is 16.9 Å². The minimum atomic E-state index is -0.959. The van der Waals surface area contributed by atoms with Gasteiger partial charge in [0.25, 0.3) is 5.91 Å². The number of carbonyl (C=O) groups excluding carboxylic acids is 1. The lowest BCUT2D eigenvalue weighted by atomic mass is 9.84. The van der Waals surface area contributed by atoms with E-state index in [-0.39, 0.29) is 23.6 Å². The van der Waals surface area contributed by atoms with Gasteiger partial charge in [-0.1, -0.05) is 24.3 Å². The molecule has 7 heteroatoms. The van der Waals surface area contributed by atoms with Crippen LogP contribution in [0.2, 0.25) is 0 Å². The minimum Gasteiger partial charge on any atom is -0.451 e. The summed E-state index contributed by atoms with van der Waals surface area (Å²) in [5, 5.41) is 15.0. The summed E-state index contributed by atoms with van der Waals surface area (Å²) in [5.41, 5.74) is 1.14. The molecular formula is C26H29FN2O4. The molecule has 3 aromatic rings. The molecule has 0 radical (unpaired) electrons. The van der Waals surface area contributed by atoms with E-state index in [4.69, 9.17) is 9.15 Å². The van der Waals surface area contributed by atoms with E-state index in [1.54, 1.807) is 18.2 Å². The Morgan fingerprint density at radius 3 is 2.76 bits per heavy atom. The van der Waals surface area contributed by atoms with Crippen molar-refractivity contribution in [1.29, 1.82) is 0 Å². The summed E-state index contributed by atoms with van der Waals surface area (Å²) in [6.07, 6.45) is 3.17. The zero-order chi connectivity index (χ0) is 22.8. The molecule has 0 aliphatic carbocycles. The lowest BCUT2D eigenvalue weighted by molar-refractivity contribution is -0.0278. The van der Waals surface area contributed by atoms with Gasteiger partial charge in [-0.3, -0.25) is 9.69 Å². The number of furan rings is 1. The zero-order valence-corrected chi connectivity index (χ0v) is 18.6. The number of hydrogen-bond acceptors (Lipinski definition) is 5. The molecule has 2 aromatic carbocycles. The highest BCUT2D eigenvalue weighted by molar-refractivity contribution is 5.96. The second kappa shape index (κ2) is 9.25. The molecule has 1 amide bonds. The number of carbonyl (C=O) groups is 1. The van der Waals surface area contributed by atoms with Gasteiger partial charge in [0.15, 0.2) is 5.76 Å². The Morgan fingerprint density at radius 1 is 1.18 bits per heavy atom. The van der Waals surface area contributed by atoms with Crippen molar-refractivity contribution in [3.63, 3.8) is 0 Å². The van der Waals surface area contributed by atoms with Gasteiger partial charge in [-0.15, -0.1) is 0 Å². The number of fused-ring (bicyclic) bond motifs is 1. The fourth-order valence-electron chi connectivity index (χ4n) is 4.78. The van der Waals surface area contributed by atoms with Gasteiger partial charge in [-0.2, -0.15) is 0 Å². The fourth-order valence-corrected chi connectivity index (χ4v) is 4.78. The van der Waals surface area contributed by atoms with Gasteiger partial charge >= 0.3 is 0 Å². The van der Waals surface area contributed by atoms with Crippen LogP contribution < -0.4 is 5.32 Å². The molecule has 1 atom stereocenters. The molecule has 5 rings (SSSR count). The number of benzene rings is 2. The van der Waals surface area contributed by atoms with E-state index in [0.29, 0.717) is 50.2 Å². The van der Waals surface area contributed by atoms with E-state index in [9.17, 15) is 14.3 Å². The van der Waals surface area contributed by atoms with Crippen molar-refractivity contribution in [3.05, 3.63) is 71.2 Å². The van der Waals surface area contributed by atoms with E-state index >= 15 is 0 Å². The molecule has 33 heavy (non-hydrogen) atoms. The maximum Gasteiger partial charge on any atom is 0.287 e. The molecule has 3 heterocycles. The highest BCUT2D eigenvalue weighted by Gasteiger charge is 2.34. The molecule has 174 valence electrons. The summed E-state index contributed by atoms with van der Waals surface area (Å²) in [6.45, 7) is 3.10. The molecule has 2 fully saturated rings. The number of hydrogen-bond donors (Lipinski definition) is 2. The molecule has 0 saturated carbocycles. The monoisotopic (exact) mass is 452 g/mol. The van der Waals surface area contributed by atoms with Crippen LogP contribution in [0.5, 0.6) is 0 Å². The number of aliphatic hydroxyl groups is 1. The molecule has 0 bridgehead atoms. The van der Waals surface area contributed by atoms with Crippen LogP contribution in [-0.4, -0.2) is 48.3 Å². The summed E-state index contributed by atoms with van der Waals surface area (Å²) in [7, 11) is 0. The van der Waals surface area contributed by atoms with Crippen LogP contribution >= 0.6 is 0 Å². The highest BCUT2D eigenvalue weighted by Crippen LogP contribution is 2.35. The van der Waals surface area contributed by atoms with Gasteiger partial charge in [0.2, 0.25) is 0 Å². The average Bonchev–Trinajstić information content (AvgIpc) is 3.50. The van der Waals surface area contributed by atoms with Crippen LogP contribution in [0.25, 0.3) is 11.0 Å². The van der Waals surface area contributed by atoms with E-state index in [0.717, 1.165) is 30.4 Å². The third-order valence-corrected chi connectivity index (χ3v) is 6.83. The van der Waals surface area contributed by atoms with Crippen molar-refractivity contribution in [2.24, 2.45) is 0 Å². The summed E-state index contributed by atoms with van der Waals surface area (Å²) in [5.74, 6) is -0.199. The zero-order valence-electron chi connectivity index (χ0n) is 18.6. The summed E-state index contributed by atoms with van der Waals surface area (Å²) in [4.78, 5) is 14.7. The Balaban J connectivity index is 1.24. The van der Waals surface area contributed by atoms with Gasteiger partial charge in [0, 0.05) is 43.7 Å². The average molecular weight is 453 g/mol. The first-order valence-corrected chi connectivity index (χ1v) is 11.6. The van der Waals surface area contributed by atoms with E-state index in [1.165, 1.54) is 6.07 Å². The van der Waals surface area contributed by atoms with Gasteiger partial charge in [0.05, 0.1) is 11.7 Å². The number of ether oxygens (including phenoxy) is 1. The van der Waals surface area contributed by atoms with Crippen molar-refractivity contribution in [2.75, 3.05) is 26.2 Å². The number of amides is 1. The predicted octanol–water partition coefficient (Wildman–Crippen LogP) is 3.96. The van der Waals surface area contributed by atoms with Crippen LogP contribution in [-0.2, 0) is 16.9 Å². The van der Waals surface area contributed by atoms with E-state index in [1.807, 2.05) is 24.3 Å². The third kappa shape index (κ3) is 4.81. The summed E-state index contributed by atoms with van der Waals surface area (Å²) >= 11 is 0. The van der Waals surface area contributed by atoms with Crippen molar-refractivity contribution in [2.45, 2.75) is 43.9 Å². The van der Waals surface area contributed by atoms with Gasteiger partial charge in [-0.05, 0) is 55.5 Å². The van der Waals surface area contributed by atoms with Crippen molar-refractivity contribution < 1.29 is 23.4 Å². The van der Waals surface area contributed by atoms with Gasteiger partial charge in [0.1, 0.15) is 11.4 Å². The van der Waals surface area contributed by atoms with Crippen molar-refractivity contribution in [1.82, 2.24) is 10.2 Å². The van der Waals surface area contributed by atoms with Crippen LogP contribution in [0, 0.1) is 5.82 Å². The topological polar surface area (TPSA) is 74.9 Å². The number of nitrogens with one attached hydrogen (secondary N) is 1. The molecular weight excluding hydrogens is 423 g/mol. The number of piperidine rings is 1. The SMILES string of the molecule is O=C(NCC1CCCO1)c1cc2cc(C3(O)CCN(Cc4ccccc4F)CC3)ccc2o1. The molecule has 1 aromatic heterocycles. The minimum absolute atomic E-state index is 0.0726. The lowest BCUT2D eigenvalue weighted by Crippen LogP contribution is -2.42. The Hall–Kier alpha value is -2.74. The first kappa shape index (κ1) is 22.1. The Morgan fingerprint density at radius 2 is 2.00 bits per heavy atom. The quantitative estimate of drug-likeness (QED) is 0.592. The molecule has 6 nitrogen and oxygen atoms in total. The van der Waals surface area contributed by atoms with Crippen molar-refractivity contribution in [3.8, 4) is 0 Å². The summed E-state index contributed by atoms with van der Waals surface area (Å²) in [6, 6.07) is 14.1. The van der Waals surface area contributed by atoms with Gasteiger partial charge < -0.3 is 19.6 Å². The smallest absolute Gasteiger partial charge is 0.287 e. The Kier molecular flexibility index (Phi) is 6.19. The number of rotatable bonds is 6. The predicted molar refractivity (Wildman–Crippen MR) is 122 cm³/mol. The maximum atomic E-state index is 14.0. The van der Waals surface area contributed by atoms with E-state index in [2.05, 4.69) is 10.2 Å². The highest BCUT2D eigenvalue weighted by atomic mass is 19.1. The van der Waals surface area contributed by atoms with Gasteiger partial charge in [-0.25, -0.2) is 4.39 Å². The summed E-state index contributed by atoms with van der Waals surface area (Å²) < 4.78 is 25.3. The largest absolute Gasteiger partial charge is 0.451 e. The standard InChI is InChI=1S/C26H29FN2O4/c27-22-6-2-1-4-18(22)17-29-11-9-26(31,10-12-29)20-7-8-23-19(14-20)15-24(33-23)25(30)28-16-21-5-3-13-32-21/h1-2,4,6-8,14-15,21,31H,3,5,9-13,16-17H2,(H,28,30). The van der Waals surface area contributed by atoms with Crippen LogP contribution in [0.15, 0.2) is 52.9 Å². The molecule has 2 saturated heterocycles. The molecule has 2 aliphatic heterocycles. The molecule has 2 aliphatic rings. The van der Waals surface area contributed by atoms with Crippen LogP contribution in [0.1, 0.15) is 47.4 Å². The normalized spacial score (nSPS) is 20.8. The molecule has 0 spiro atoms. The fraction of sp³-hybridized carbons (Fsp3) is 0.423. The maximum absolute atomic E-state index is 14.0. The van der Waals surface area contributed by atoms with Crippen LogP contribution in [0.3, 0.4) is 0 Å². The second-order valence-electron chi connectivity index (χ2n) is 9.11. The first-order chi connectivity index (χ1) is 16.0. The van der Waals surface area contributed by atoms with Crippen LogP contribution in [0.4, 0.5) is 4.39 Å². The number of nitrogens with zero attached hydrogens (tertiary/aromatic N) is 1. The molecule has 2 N–H and O–H groups in total. The molecule has 1 unspecified atom stereocenters. The van der Waals surface area contributed by atoms with E-state index < -0.39 is 5.60 Å². The first-order valence-electron chi connectivity index (χ1n) is 11.6. The number of likely N-dealkylation sites (tertiary alicyclic amines) is 1.